The molecule has 1 aliphatic rings. The third-order valence-electron chi connectivity index (χ3n) is 3.56. The quantitative estimate of drug-likeness (QED) is 0.841. The molecule has 0 aliphatic heterocycles. The van der Waals surface area contributed by atoms with Gasteiger partial charge in [-0.2, -0.15) is 0 Å². The molecule has 0 heterocycles. The van der Waals surface area contributed by atoms with E-state index in [1.165, 1.54) is 12.8 Å². The van der Waals surface area contributed by atoms with E-state index in [-0.39, 0.29) is 24.2 Å². The summed E-state index contributed by atoms with van der Waals surface area (Å²) in [5, 5.41) is 6.00. The highest BCUT2D eigenvalue weighted by Gasteiger charge is 2.20. The van der Waals surface area contributed by atoms with E-state index in [1.807, 2.05) is 13.0 Å². The van der Waals surface area contributed by atoms with E-state index in [4.69, 9.17) is 0 Å². The number of carbonyl (C=O) groups is 2. The smallest absolute Gasteiger partial charge is 0.253 e. The minimum absolute atomic E-state index is 0. The summed E-state index contributed by atoms with van der Waals surface area (Å²) in [6.45, 7) is 3.12. The lowest BCUT2D eigenvalue weighted by Crippen LogP contribution is -2.29. The Hall–Kier alpha value is -1.59. The van der Waals surface area contributed by atoms with Gasteiger partial charge < -0.3 is 15.5 Å². The van der Waals surface area contributed by atoms with Crippen molar-refractivity contribution in [1.29, 1.82) is 0 Å². The number of nitrogens with zero attached hydrogens (tertiary/aromatic N) is 1. The van der Waals surface area contributed by atoms with Crippen LogP contribution in [0.25, 0.3) is 0 Å². The number of anilines is 1. The molecular formula is C16H24ClN3O2. The number of rotatable bonds is 6. The molecule has 122 valence electrons. The van der Waals surface area contributed by atoms with Gasteiger partial charge in [-0.15, -0.1) is 12.4 Å². The van der Waals surface area contributed by atoms with Crippen LogP contribution in [0.15, 0.2) is 18.2 Å². The van der Waals surface area contributed by atoms with Crippen molar-refractivity contribution in [3.05, 3.63) is 29.3 Å². The Morgan fingerprint density at radius 2 is 1.95 bits per heavy atom. The number of carbonyl (C=O) groups excluding carboxylic acids is 2. The lowest BCUT2D eigenvalue weighted by atomic mass is 10.1. The van der Waals surface area contributed by atoms with Crippen LogP contribution >= 0.6 is 12.4 Å². The molecule has 0 saturated heterocycles. The SMILES string of the molecule is Cc1cc(NC(=O)CNCC2CC2)ccc1C(=O)N(C)C.Cl. The summed E-state index contributed by atoms with van der Waals surface area (Å²) in [4.78, 5) is 25.3. The highest BCUT2D eigenvalue weighted by atomic mass is 35.5. The Morgan fingerprint density at radius 3 is 2.50 bits per heavy atom. The summed E-state index contributed by atoms with van der Waals surface area (Å²) in [5.41, 5.74) is 2.24. The minimum Gasteiger partial charge on any atom is -0.345 e. The van der Waals surface area contributed by atoms with E-state index in [0.717, 1.165) is 23.7 Å². The molecule has 2 rings (SSSR count). The number of halogens is 1. The first kappa shape index (κ1) is 18.5. The number of nitrogens with one attached hydrogen (secondary N) is 2. The minimum atomic E-state index is -0.0539. The van der Waals surface area contributed by atoms with Gasteiger partial charge in [0.1, 0.15) is 0 Å². The first-order chi connectivity index (χ1) is 9.97. The van der Waals surface area contributed by atoms with E-state index in [0.29, 0.717) is 12.1 Å². The van der Waals surface area contributed by atoms with Crippen molar-refractivity contribution in [2.24, 2.45) is 5.92 Å². The maximum atomic E-state index is 11.9. The maximum absolute atomic E-state index is 11.9. The van der Waals surface area contributed by atoms with Crippen LogP contribution in [0.2, 0.25) is 0 Å². The first-order valence-electron chi connectivity index (χ1n) is 7.30. The second-order valence-electron chi connectivity index (χ2n) is 5.85. The molecule has 0 unspecified atom stereocenters. The van der Waals surface area contributed by atoms with Gasteiger partial charge in [0.05, 0.1) is 6.54 Å². The molecular weight excluding hydrogens is 302 g/mol. The van der Waals surface area contributed by atoms with Crippen molar-refractivity contribution in [3.8, 4) is 0 Å². The van der Waals surface area contributed by atoms with Crippen LogP contribution in [-0.4, -0.2) is 43.9 Å². The average molecular weight is 326 g/mol. The molecule has 1 fully saturated rings. The van der Waals surface area contributed by atoms with Gasteiger partial charge >= 0.3 is 0 Å². The number of benzene rings is 1. The molecule has 5 nitrogen and oxygen atoms in total. The van der Waals surface area contributed by atoms with Crippen molar-refractivity contribution in [2.75, 3.05) is 32.5 Å². The van der Waals surface area contributed by atoms with Crippen molar-refractivity contribution in [2.45, 2.75) is 19.8 Å². The van der Waals surface area contributed by atoms with Gasteiger partial charge in [0.2, 0.25) is 5.91 Å². The van der Waals surface area contributed by atoms with Crippen molar-refractivity contribution < 1.29 is 9.59 Å². The third kappa shape index (κ3) is 5.31. The van der Waals surface area contributed by atoms with Gasteiger partial charge in [0.25, 0.3) is 5.91 Å². The standard InChI is InChI=1S/C16H23N3O2.ClH/c1-11-8-13(6-7-14(11)16(21)19(2)3)18-15(20)10-17-9-12-4-5-12;/h6-8,12,17H,4-5,9-10H2,1-3H3,(H,18,20);1H. The molecule has 1 aromatic rings. The molecule has 2 N–H and O–H groups in total. The zero-order valence-corrected chi connectivity index (χ0v) is 14.1. The zero-order chi connectivity index (χ0) is 15.4. The fourth-order valence-electron chi connectivity index (χ4n) is 2.14. The molecule has 0 bridgehead atoms. The number of aryl methyl sites for hydroxylation is 1. The number of amides is 2. The van der Waals surface area contributed by atoms with Crippen LogP contribution in [0.3, 0.4) is 0 Å². The number of hydrogen-bond acceptors (Lipinski definition) is 3. The molecule has 0 radical (unpaired) electrons. The maximum Gasteiger partial charge on any atom is 0.253 e. The van der Waals surface area contributed by atoms with Crippen LogP contribution in [0.5, 0.6) is 0 Å². The fraction of sp³-hybridized carbons (Fsp3) is 0.500. The van der Waals surface area contributed by atoms with Gasteiger partial charge in [-0.25, -0.2) is 0 Å². The lowest BCUT2D eigenvalue weighted by Gasteiger charge is -2.14. The first-order valence-corrected chi connectivity index (χ1v) is 7.30. The lowest BCUT2D eigenvalue weighted by molar-refractivity contribution is -0.115. The summed E-state index contributed by atoms with van der Waals surface area (Å²) >= 11 is 0. The largest absolute Gasteiger partial charge is 0.345 e. The van der Waals surface area contributed by atoms with Gasteiger partial charge in [0.15, 0.2) is 0 Å². The summed E-state index contributed by atoms with van der Waals surface area (Å²) in [7, 11) is 3.45. The average Bonchev–Trinajstić information content (AvgIpc) is 3.22. The Bertz CT molecular complexity index is 542. The molecule has 1 aliphatic carbocycles. The summed E-state index contributed by atoms with van der Waals surface area (Å²) < 4.78 is 0. The molecule has 1 aromatic carbocycles. The van der Waals surface area contributed by atoms with Crippen LogP contribution in [0, 0.1) is 12.8 Å². The molecule has 2 amide bonds. The van der Waals surface area contributed by atoms with Crippen LogP contribution in [0.1, 0.15) is 28.8 Å². The van der Waals surface area contributed by atoms with E-state index in [9.17, 15) is 9.59 Å². The van der Waals surface area contributed by atoms with E-state index in [2.05, 4.69) is 10.6 Å². The Kier molecular flexibility index (Phi) is 6.84. The summed E-state index contributed by atoms with van der Waals surface area (Å²) in [5.74, 6) is 0.676. The van der Waals surface area contributed by atoms with Gasteiger partial charge in [-0.3, -0.25) is 9.59 Å². The second-order valence-corrected chi connectivity index (χ2v) is 5.85. The Balaban J connectivity index is 0.00000242. The molecule has 0 atom stereocenters. The topological polar surface area (TPSA) is 61.4 Å². The van der Waals surface area contributed by atoms with E-state index < -0.39 is 0 Å². The van der Waals surface area contributed by atoms with E-state index >= 15 is 0 Å². The highest BCUT2D eigenvalue weighted by molar-refractivity contribution is 5.97. The number of hydrogen-bond donors (Lipinski definition) is 2. The molecule has 22 heavy (non-hydrogen) atoms. The van der Waals surface area contributed by atoms with Gasteiger partial charge in [-0.05, 0) is 56.0 Å². The van der Waals surface area contributed by atoms with Crippen molar-refractivity contribution >= 4 is 29.9 Å². The summed E-state index contributed by atoms with van der Waals surface area (Å²) in [6, 6.07) is 5.35. The van der Waals surface area contributed by atoms with Crippen molar-refractivity contribution in [3.63, 3.8) is 0 Å². The third-order valence-corrected chi connectivity index (χ3v) is 3.56. The zero-order valence-electron chi connectivity index (χ0n) is 13.3. The highest BCUT2D eigenvalue weighted by Crippen LogP contribution is 2.27. The molecule has 1 saturated carbocycles. The normalized spacial score (nSPS) is 13.2. The van der Waals surface area contributed by atoms with Crippen LogP contribution < -0.4 is 10.6 Å². The Morgan fingerprint density at radius 1 is 1.27 bits per heavy atom. The van der Waals surface area contributed by atoms with Crippen LogP contribution in [-0.2, 0) is 4.79 Å². The van der Waals surface area contributed by atoms with Gasteiger partial charge in [-0.1, -0.05) is 0 Å². The second kappa shape index (κ2) is 8.15. The van der Waals surface area contributed by atoms with Crippen molar-refractivity contribution in [1.82, 2.24) is 10.2 Å². The fourth-order valence-corrected chi connectivity index (χ4v) is 2.14. The summed E-state index contributed by atoms with van der Waals surface area (Å²) in [6.07, 6.45) is 2.55. The predicted molar refractivity (Wildman–Crippen MR) is 90.7 cm³/mol. The molecule has 0 aromatic heterocycles. The molecule has 0 spiro atoms. The van der Waals surface area contributed by atoms with E-state index in [1.54, 1.807) is 31.1 Å². The Labute approximate surface area is 137 Å². The molecule has 6 heteroatoms. The van der Waals surface area contributed by atoms with Gasteiger partial charge in [0, 0.05) is 25.3 Å². The monoisotopic (exact) mass is 325 g/mol. The predicted octanol–water partition coefficient (Wildman–Crippen LogP) is 2.06. The van der Waals surface area contributed by atoms with Crippen LogP contribution in [0.4, 0.5) is 5.69 Å².